The molecule has 3 rings (SSSR count). The summed E-state index contributed by atoms with van der Waals surface area (Å²) in [5.41, 5.74) is 1.56. The molecule has 7 heteroatoms. The van der Waals surface area contributed by atoms with Crippen molar-refractivity contribution in [2.24, 2.45) is 10.9 Å². The van der Waals surface area contributed by atoms with Crippen molar-refractivity contribution < 1.29 is 9.59 Å². The smallest absolute Gasteiger partial charge is 0.266 e. The molecule has 0 aliphatic carbocycles. The second kappa shape index (κ2) is 8.63. The Bertz CT molecular complexity index is 998. The summed E-state index contributed by atoms with van der Waals surface area (Å²) >= 11 is 1.33. The number of fused-ring (bicyclic) bond motifs is 1. The van der Waals surface area contributed by atoms with Crippen LogP contribution in [0.5, 0.6) is 0 Å². The van der Waals surface area contributed by atoms with Crippen LogP contribution in [-0.2, 0) is 4.79 Å². The maximum absolute atomic E-state index is 12.5. The average molecular weight is 392 g/mol. The Morgan fingerprint density at radius 2 is 1.93 bits per heavy atom. The van der Waals surface area contributed by atoms with Gasteiger partial charge in [0.25, 0.3) is 11.8 Å². The second-order valence-corrected chi connectivity index (χ2v) is 7.66. The van der Waals surface area contributed by atoms with Crippen molar-refractivity contribution in [3.8, 4) is 6.07 Å². The van der Waals surface area contributed by atoms with Crippen molar-refractivity contribution in [3.63, 3.8) is 0 Å². The fourth-order valence-corrected chi connectivity index (χ4v) is 3.38. The molecule has 142 valence electrons. The van der Waals surface area contributed by atoms with Gasteiger partial charge in [-0.1, -0.05) is 44.2 Å². The summed E-state index contributed by atoms with van der Waals surface area (Å²) in [7, 11) is 0. The van der Waals surface area contributed by atoms with E-state index in [1.807, 2.05) is 29.6 Å². The van der Waals surface area contributed by atoms with Crippen LogP contribution in [0.1, 0.15) is 41.1 Å². The lowest BCUT2D eigenvalue weighted by Gasteiger charge is -2.07. The molecule has 0 unspecified atom stereocenters. The minimum absolute atomic E-state index is 0.0587. The lowest BCUT2D eigenvalue weighted by Crippen LogP contribution is -2.29. The van der Waals surface area contributed by atoms with E-state index in [1.54, 1.807) is 18.2 Å². The zero-order valence-corrected chi connectivity index (χ0v) is 16.5. The van der Waals surface area contributed by atoms with Gasteiger partial charge in [-0.3, -0.25) is 9.59 Å². The summed E-state index contributed by atoms with van der Waals surface area (Å²) in [5, 5.41) is 17.0. The van der Waals surface area contributed by atoms with Gasteiger partial charge in [-0.05, 0) is 23.8 Å². The quantitative estimate of drug-likeness (QED) is 0.603. The van der Waals surface area contributed by atoms with E-state index >= 15 is 0 Å². The number of hydrogen-bond acceptors (Lipinski definition) is 5. The van der Waals surface area contributed by atoms with Crippen LogP contribution < -0.4 is 10.6 Å². The first-order chi connectivity index (χ1) is 13.5. The number of amidine groups is 1. The highest BCUT2D eigenvalue weighted by Crippen LogP contribution is 2.30. The minimum atomic E-state index is -0.456. The molecule has 0 bridgehead atoms. The van der Waals surface area contributed by atoms with Crippen LogP contribution in [0.2, 0.25) is 0 Å². The normalized spacial score (nSPS) is 14.1. The van der Waals surface area contributed by atoms with Crippen LogP contribution in [0.15, 0.2) is 52.3 Å². The number of benzene rings is 1. The van der Waals surface area contributed by atoms with E-state index in [4.69, 9.17) is 0 Å². The van der Waals surface area contributed by atoms with Crippen LogP contribution in [0.25, 0.3) is 5.70 Å². The van der Waals surface area contributed by atoms with Gasteiger partial charge in [0.1, 0.15) is 17.5 Å². The molecule has 1 aliphatic heterocycles. The highest BCUT2D eigenvalue weighted by molar-refractivity contribution is 7.12. The monoisotopic (exact) mass is 392 g/mol. The minimum Gasteiger partial charge on any atom is -0.351 e. The summed E-state index contributed by atoms with van der Waals surface area (Å²) in [5.74, 6) is 0.0572. The summed E-state index contributed by atoms with van der Waals surface area (Å²) in [6, 6.07) is 12.7. The van der Waals surface area contributed by atoms with E-state index in [2.05, 4.69) is 29.5 Å². The number of carbonyl (C=O) groups is 2. The predicted molar refractivity (Wildman–Crippen MR) is 110 cm³/mol. The number of hydrogen-bond donors (Lipinski definition) is 2. The molecule has 0 saturated heterocycles. The largest absolute Gasteiger partial charge is 0.351 e. The number of thiophene rings is 1. The van der Waals surface area contributed by atoms with Crippen molar-refractivity contribution in [2.45, 2.75) is 20.3 Å². The van der Waals surface area contributed by atoms with Gasteiger partial charge in [-0.25, -0.2) is 4.99 Å². The van der Waals surface area contributed by atoms with Gasteiger partial charge in [0, 0.05) is 17.7 Å². The highest BCUT2D eigenvalue weighted by atomic mass is 32.1. The number of nitrogens with zero attached hydrogens (tertiary/aromatic N) is 2. The van der Waals surface area contributed by atoms with E-state index in [9.17, 15) is 14.9 Å². The van der Waals surface area contributed by atoms with Crippen molar-refractivity contribution in [3.05, 3.63) is 63.4 Å². The van der Waals surface area contributed by atoms with Crippen molar-refractivity contribution >= 4 is 34.7 Å². The van der Waals surface area contributed by atoms with Crippen LogP contribution >= 0.6 is 11.3 Å². The maximum atomic E-state index is 12.5. The molecule has 1 aromatic heterocycles. The third-order valence-corrected chi connectivity index (χ3v) is 5.09. The molecule has 2 aromatic rings. The number of nitriles is 1. The van der Waals surface area contributed by atoms with Gasteiger partial charge in [0.2, 0.25) is 0 Å². The maximum Gasteiger partial charge on any atom is 0.266 e. The fourth-order valence-electron chi connectivity index (χ4n) is 2.77. The molecule has 0 atom stereocenters. The first kappa shape index (κ1) is 19.5. The van der Waals surface area contributed by atoms with Crippen LogP contribution in [0.3, 0.4) is 0 Å². The van der Waals surface area contributed by atoms with Gasteiger partial charge >= 0.3 is 0 Å². The Morgan fingerprint density at radius 1 is 1.18 bits per heavy atom. The molecule has 2 heterocycles. The second-order valence-electron chi connectivity index (χ2n) is 6.71. The van der Waals surface area contributed by atoms with Crippen molar-refractivity contribution in [1.29, 1.82) is 5.26 Å². The Labute approximate surface area is 167 Å². The van der Waals surface area contributed by atoms with Gasteiger partial charge < -0.3 is 10.6 Å². The van der Waals surface area contributed by atoms with E-state index in [1.165, 1.54) is 11.3 Å². The molecule has 1 aliphatic rings. The Balaban J connectivity index is 1.92. The Morgan fingerprint density at radius 3 is 2.57 bits per heavy atom. The first-order valence-electron chi connectivity index (χ1n) is 8.97. The van der Waals surface area contributed by atoms with E-state index in [-0.39, 0.29) is 17.2 Å². The van der Waals surface area contributed by atoms with Crippen molar-refractivity contribution in [2.75, 3.05) is 6.54 Å². The summed E-state index contributed by atoms with van der Waals surface area (Å²) in [6.07, 6.45) is 0.821. The molecule has 2 amide bonds. The number of carbonyl (C=O) groups excluding carboxylic acids is 2. The molecular weight excluding hydrogens is 372 g/mol. The lowest BCUT2D eigenvalue weighted by atomic mass is 10.0. The average Bonchev–Trinajstić information content (AvgIpc) is 3.32. The molecule has 28 heavy (non-hydrogen) atoms. The molecule has 0 radical (unpaired) electrons. The third kappa shape index (κ3) is 4.18. The molecule has 1 aromatic carbocycles. The highest BCUT2D eigenvalue weighted by Gasteiger charge is 2.27. The number of aliphatic imine (C=N–C) groups is 1. The van der Waals surface area contributed by atoms with E-state index in [0.717, 1.165) is 6.42 Å². The third-order valence-electron chi connectivity index (χ3n) is 4.22. The van der Waals surface area contributed by atoms with E-state index < -0.39 is 5.91 Å². The number of nitrogens with one attached hydrogen (secondary N) is 2. The molecular formula is C21H20N4O2S. The molecule has 0 saturated carbocycles. The van der Waals surface area contributed by atoms with Gasteiger partial charge in [0.05, 0.1) is 10.6 Å². The zero-order chi connectivity index (χ0) is 20.1. The van der Waals surface area contributed by atoms with Crippen LogP contribution in [-0.4, -0.2) is 24.2 Å². The first-order valence-corrected chi connectivity index (χ1v) is 9.85. The summed E-state index contributed by atoms with van der Waals surface area (Å²) < 4.78 is 0. The van der Waals surface area contributed by atoms with Crippen molar-refractivity contribution in [1.82, 2.24) is 10.6 Å². The van der Waals surface area contributed by atoms with E-state index in [0.29, 0.717) is 34.3 Å². The number of rotatable bonds is 5. The molecule has 0 spiro atoms. The SMILES string of the molecule is CC(C)CCNC(=O)/C(C#N)=C1\N=C(NC(=O)c2cccs2)c2ccccc21. The summed E-state index contributed by atoms with van der Waals surface area (Å²) in [4.78, 5) is 29.9. The zero-order valence-electron chi connectivity index (χ0n) is 15.7. The molecule has 0 fully saturated rings. The predicted octanol–water partition coefficient (Wildman–Crippen LogP) is 3.34. The lowest BCUT2D eigenvalue weighted by molar-refractivity contribution is -0.117. The van der Waals surface area contributed by atoms with Gasteiger partial charge in [-0.2, -0.15) is 5.26 Å². The molecule has 6 nitrogen and oxygen atoms in total. The Kier molecular flexibility index (Phi) is 6.02. The Hall–Kier alpha value is -3.24. The standard InChI is InChI=1S/C21H20N4O2S/c1-13(2)9-10-23-20(26)16(12-22)18-14-6-3-4-7-15(14)19(24-18)25-21(27)17-8-5-11-28-17/h3-8,11,13H,9-10H2,1-2H3,(H,23,26)(H,24,25,27)/b18-16-. The van der Waals surface area contributed by atoms with Gasteiger partial charge in [0.15, 0.2) is 0 Å². The summed E-state index contributed by atoms with van der Waals surface area (Å²) in [6.45, 7) is 4.62. The topological polar surface area (TPSA) is 94.3 Å². The van der Waals surface area contributed by atoms with Crippen LogP contribution in [0, 0.1) is 17.2 Å². The number of amides is 2. The molecule has 2 N–H and O–H groups in total. The van der Waals surface area contributed by atoms with Crippen LogP contribution in [0.4, 0.5) is 0 Å². The van der Waals surface area contributed by atoms with Gasteiger partial charge in [-0.15, -0.1) is 11.3 Å². The fraction of sp³-hybridized carbons (Fsp3) is 0.238.